The first-order valence-electron chi connectivity index (χ1n) is 5.23. The van der Waals surface area contributed by atoms with Crippen LogP contribution in [-0.4, -0.2) is 34.9 Å². The number of amides is 1. The predicted molar refractivity (Wildman–Crippen MR) is 57.4 cm³/mol. The quantitative estimate of drug-likeness (QED) is 0.817. The van der Waals surface area contributed by atoms with Gasteiger partial charge in [-0.05, 0) is 19.1 Å². The lowest BCUT2D eigenvalue weighted by Crippen LogP contribution is -2.45. The molecule has 0 aromatic carbocycles. The maximum Gasteiger partial charge on any atom is 0.405 e. The van der Waals surface area contributed by atoms with Gasteiger partial charge in [0.1, 0.15) is 6.54 Å². The zero-order valence-electron chi connectivity index (χ0n) is 9.66. The molecule has 0 saturated carbocycles. The van der Waals surface area contributed by atoms with Gasteiger partial charge in [0.25, 0.3) is 0 Å². The standard InChI is InChI=1S/C10H13F3N4O/c1-7(9(18)15-6-10(11,12)13)14-5-8-3-2-4-16-17-8/h2-4,7,14H,5-6H2,1H3,(H,15,18). The normalized spacial score (nSPS) is 13.1. The molecule has 1 aromatic rings. The molecule has 18 heavy (non-hydrogen) atoms. The number of aromatic nitrogens is 2. The van der Waals surface area contributed by atoms with Crippen LogP contribution in [0.2, 0.25) is 0 Å². The minimum Gasteiger partial charge on any atom is -0.346 e. The van der Waals surface area contributed by atoms with E-state index in [0.29, 0.717) is 5.69 Å². The molecule has 1 heterocycles. The maximum absolute atomic E-state index is 11.9. The summed E-state index contributed by atoms with van der Waals surface area (Å²) in [5.74, 6) is -0.712. The van der Waals surface area contributed by atoms with Crippen LogP contribution >= 0.6 is 0 Å². The van der Waals surface area contributed by atoms with E-state index in [1.165, 1.54) is 13.1 Å². The highest BCUT2D eigenvalue weighted by Gasteiger charge is 2.28. The first kappa shape index (κ1) is 14.4. The van der Waals surface area contributed by atoms with Crippen LogP contribution in [0.1, 0.15) is 12.6 Å². The fourth-order valence-corrected chi connectivity index (χ4v) is 1.12. The third-order valence-corrected chi connectivity index (χ3v) is 2.07. The van der Waals surface area contributed by atoms with Crippen molar-refractivity contribution in [3.05, 3.63) is 24.0 Å². The number of carbonyl (C=O) groups excluding carboxylic acids is 1. The Morgan fingerprint density at radius 1 is 1.50 bits per heavy atom. The van der Waals surface area contributed by atoms with Crippen molar-refractivity contribution in [2.45, 2.75) is 25.7 Å². The Morgan fingerprint density at radius 2 is 2.22 bits per heavy atom. The summed E-state index contributed by atoms with van der Waals surface area (Å²) in [4.78, 5) is 11.3. The Hall–Kier alpha value is -1.70. The van der Waals surface area contributed by atoms with E-state index in [2.05, 4.69) is 15.5 Å². The molecule has 0 aliphatic heterocycles. The van der Waals surface area contributed by atoms with Gasteiger partial charge in [0.15, 0.2) is 0 Å². The molecule has 1 unspecified atom stereocenters. The van der Waals surface area contributed by atoms with E-state index in [1.54, 1.807) is 17.4 Å². The molecule has 1 atom stereocenters. The van der Waals surface area contributed by atoms with Gasteiger partial charge in [-0.3, -0.25) is 4.79 Å². The number of rotatable bonds is 5. The summed E-state index contributed by atoms with van der Waals surface area (Å²) in [6.07, 6.45) is -2.90. The van der Waals surface area contributed by atoms with E-state index in [9.17, 15) is 18.0 Å². The van der Waals surface area contributed by atoms with Crippen LogP contribution in [0.5, 0.6) is 0 Å². The number of halogens is 3. The topological polar surface area (TPSA) is 66.9 Å². The van der Waals surface area contributed by atoms with Gasteiger partial charge < -0.3 is 10.6 Å². The van der Waals surface area contributed by atoms with E-state index in [1.807, 2.05) is 0 Å². The summed E-state index contributed by atoms with van der Waals surface area (Å²) >= 11 is 0. The summed E-state index contributed by atoms with van der Waals surface area (Å²) in [6.45, 7) is 0.402. The van der Waals surface area contributed by atoms with Crippen molar-refractivity contribution in [1.29, 1.82) is 0 Å². The van der Waals surface area contributed by atoms with E-state index in [-0.39, 0.29) is 6.54 Å². The van der Waals surface area contributed by atoms with E-state index < -0.39 is 24.7 Å². The summed E-state index contributed by atoms with van der Waals surface area (Å²) < 4.78 is 35.6. The fraction of sp³-hybridized carbons (Fsp3) is 0.500. The summed E-state index contributed by atoms with van der Waals surface area (Å²) in [5, 5.41) is 12.0. The van der Waals surface area contributed by atoms with Crippen LogP contribution in [0.4, 0.5) is 13.2 Å². The van der Waals surface area contributed by atoms with Gasteiger partial charge in [-0.25, -0.2) is 0 Å². The van der Waals surface area contributed by atoms with Gasteiger partial charge in [-0.2, -0.15) is 23.4 Å². The van der Waals surface area contributed by atoms with Crippen molar-refractivity contribution in [2.24, 2.45) is 0 Å². The molecule has 0 spiro atoms. The van der Waals surface area contributed by atoms with Gasteiger partial charge in [0.05, 0.1) is 11.7 Å². The molecule has 100 valence electrons. The molecular weight excluding hydrogens is 249 g/mol. The van der Waals surface area contributed by atoms with Crippen LogP contribution in [0.15, 0.2) is 18.3 Å². The number of hydrogen-bond acceptors (Lipinski definition) is 4. The summed E-state index contributed by atoms with van der Waals surface area (Å²) in [5.41, 5.74) is 0.605. The largest absolute Gasteiger partial charge is 0.405 e. The molecule has 0 radical (unpaired) electrons. The second-order valence-corrected chi connectivity index (χ2v) is 3.65. The molecule has 1 aromatic heterocycles. The second-order valence-electron chi connectivity index (χ2n) is 3.65. The molecule has 2 N–H and O–H groups in total. The van der Waals surface area contributed by atoms with Crippen molar-refractivity contribution in [1.82, 2.24) is 20.8 Å². The number of alkyl halides is 3. The summed E-state index contributed by atoms with van der Waals surface area (Å²) in [7, 11) is 0. The Morgan fingerprint density at radius 3 is 2.78 bits per heavy atom. The van der Waals surface area contributed by atoms with Crippen LogP contribution in [-0.2, 0) is 11.3 Å². The monoisotopic (exact) mass is 262 g/mol. The molecule has 0 aliphatic rings. The lowest BCUT2D eigenvalue weighted by Gasteiger charge is -2.14. The number of carbonyl (C=O) groups is 1. The molecule has 1 rings (SSSR count). The number of nitrogens with one attached hydrogen (secondary N) is 2. The fourth-order valence-electron chi connectivity index (χ4n) is 1.12. The van der Waals surface area contributed by atoms with Crippen LogP contribution < -0.4 is 10.6 Å². The molecule has 1 amide bonds. The van der Waals surface area contributed by atoms with Crippen LogP contribution in [0, 0.1) is 0 Å². The average molecular weight is 262 g/mol. The van der Waals surface area contributed by atoms with Gasteiger partial charge in [-0.1, -0.05) is 0 Å². The summed E-state index contributed by atoms with van der Waals surface area (Å²) in [6, 6.07) is 2.63. The first-order chi connectivity index (χ1) is 8.38. The average Bonchev–Trinajstić information content (AvgIpc) is 2.33. The lowest BCUT2D eigenvalue weighted by atomic mass is 10.3. The molecule has 5 nitrogen and oxygen atoms in total. The van der Waals surface area contributed by atoms with Gasteiger partial charge in [-0.15, -0.1) is 0 Å². The minimum absolute atomic E-state index is 0.258. The minimum atomic E-state index is -4.40. The second kappa shape index (κ2) is 6.29. The van der Waals surface area contributed by atoms with Crippen molar-refractivity contribution in [3.8, 4) is 0 Å². The third kappa shape index (κ3) is 5.58. The van der Waals surface area contributed by atoms with Crippen molar-refractivity contribution < 1.29 is 18.0 Å². The van der Waals surface area contributed by atoms with Gasteiger partial charge >= 0.3 is 6.18 Å². The molecule has 0 aliphatic carbocycles. The van der Waals surface area contributed by atoms with E-state index in [4.69, 9.17) is 0 Å². The highest BCUT2D eigenvalue weighted by Crippen LogP contribution is 2.12. The zero-order chi connectivity index (χ0) is 13.6. The number of hydrogen-bond donors (Lipinski definition) is 2. The highest BCUT2D eigenvalue weighted by molar-refractivity contribution is 5.81. The Balaban J connectivity index is 2.32. The Kier molecular flexibility index (Phi) is 5.02. The molecule has 0 fully saturated rings. The SMILES string of the molecule is CC(NCc1cccnn1)C(=O)NCC(F)(F)F. The Labute approximate surface area is 102 Å². The van der Waals surface area contributed by atoms with E-state index in [0.717, 1.165) is 0 Å². The predicted octanol–water partition coefficient (Wildman–Crippen LogP) is 0.633. The van der Waals surface area contributed by atoms with Crippen molar-refractivity contribution in [2.75, 3.05) is 6.54 Å². The highest BCUT2D eigenvalue weighted by atomic mass is 19.4. The van der Waals surface area contributed by atoms with Crippen LogP contribution in [0.3, 0.4) is 0 Å². The lowest BCUT2D eigenvalue weighted by molar-refractivity contribution is -0.139. The smallest absolute Gasteiger partial charge is 0.346 e. The molecule has 8 heteroatoms. The molecular formula is C10H13F3N4O. The molecule has 0 bridgehead atoms. The van der Waals surface area contributed by atoms with Gasteiger partial charge in [0.2, 0.25) is 5.91 Å². The molecule has 0 saturated heterocycles. The zero-order valence-corrected chi connectivity index (χ0v) is 9.66. The number of nitrogens with zero attached hydrogens (tertiary/aromatic N) is 2. The van der Waals surface area contributed by atoms with Gasteiger partial charge in [0, 0.05) is 12.7 Å². The van der Waals surface area contributed by atoms with Crippen molar-refractivity contribution in [3.63, 3.8) is 0 Å². The first-order valence-corrected chi connectivity index (χ1v) is 5.23. The third-order valence-electron chi connectivity index (χ3n) is 2.07. The van der Waals surface area contributed by atoms with E-state index >= 15 is 0 Å². The van der Waals surface area contributed by atoms with Crippen molar-refractivity contribution >= 4 is 5.91 Å². The van der Waals surface area contributed by atoms with Crippen LogP contribution in [0.25, 0.3) is 0 Å². The maximum atomic E-state index is 11.9. The Bertz CT molecular complexity index is 382.